The molecule has 64 heavy (non-hydrogen) atoms. The number of phosphoric ester groups is 2. The number of allylic oxidation sites excluding steroid dienone is 10. The first kappa shape index (κ1) is 59.4. The summed E-state index contributed by atoms with van der Waals surface area (Å²) in [6, 6.07) is 0. The molecule has 17 nitrogen and oxygen atoms in total. The third-order valence-corrected chi connectivity index (χ3v) is 11.5. The lowest BCUT2D eigenvalue weighted by atomic mass is 9.85. The molecule has 0 aromatic carbocycles. The lowest BCUT2D eigenvalue weighted by molar-refractivity contribution is -0.216. The van der Waals surface area contributed by atoms with E-state index in [1.54, 1.807) is 12.2 Å². The molecule has 0 amide bonds. The van der Waals surface area contributed by atoms with Gasteiger partial charge in [0, 0.05) is 19.3 Å². The maximum atomic E-state index is 13.0. The molecule has 1 saturated carbocycles. The Bertz CT molecular complexity index is 1540. The van der Waals surface area contributed by atoms with E-state index >= 15 is 0 Å². The van der Waals surface area contributed by atoms with Crippen molar-refractivity contribution in [2.75, 3.05) is 13.2 Å². The highest BCUT2D eigenvalue weighted by Crippen LogP contribution is 2.49. The average Bonchev–Trinajstić information content (AvgIpc) is 3.24. The number of phosphoric acid groups is 2. The van der Waals surface area contributed by atoms with E-state index in [1.807, 2.05) is 36.5 Å². The van der Waals surface area contributed by atoms with E-state index < -0.39 is 83.5 Å². The molecule has 368 valence electrons. The van der Waals surface area contributed by atoms with Crippen LogP contribution in [0, 0.1) is 0 Å². The summed E-state index contributed by atoms with van der Waals surface area (Å²) in [5.74, 6) is -1.20. The maximum absolute atomic E-state index is 13.0. The van der Waals surface area contributed by atoms with Crippen LogP contribution in [0.3, 0.4) is 0 Å². The third kappa shape index (κ3) is 29.8. The Hall–Kier alpha value is -2.63. The van der Waals surface area contributed by atoms with Gasteiger partial charge in [0.2, 0.25) is 0 Å². The van der Waals surface area contributed by atoms with Gasteiger partial charge in [-0.3, -0.25) is 28.0 Å². The summed E-state index contributed by atoms with van der Waals surface area (Å²) in [7, 11) is -10.7. The van der Waals surface area contributed by atoms with Crippen LogP contribution in [0.25, 0.3) is 0 Å². The molecule has 1 aliphatic rings. The van der Waals surface area contributed by atoms with Gasteiger partial charge in [-0.15, -0.1) is 0 Å². The van der Waals surface area contributed by atoms with Crippen molar-refractivity contribution >= 4 is 33.4 Å². The highest BCUT2D eigenvalue weighted by molar-refractivity contribution is 7.47. The fourth-order valence-electron chi connectivity index (χ4n) is 6.44. The van der Waals surface area contributed by atoms with Crippen molar-refractivity contribution in [3.05, 3.63) is 60.8 Å². The molecule has 1 rings (SSSR count). The van der Waals surface area contributed by atoms with Crippen LogP contribution in [0.1, 0.15) is 149 Å². The quantitative estimate of drug-likeness (QED) is 0.00795. The second kappa shape index (κ2) is 35.5. The predicted molar refractivity (Wildman–Crippen MR) is 241 cm³/mol. The highest BCUT2D eigenvalue weighted by Gasteiger charge is 2.54. The molecule has 0 bridgehead atoms. The molecule has 0 aromatic rings. The van der Waals surface area contributed by atoms with Crippen LogP contribution in [0.2, 0.25) is 0 Å². The predicted octanol–water partition coefficient (Wildman–Crippen LogP) is 7.46. The Morgan fingerprint density at radius 3 is 1.72 bits per heavy atom. The summed E-state index contributed by atoms with van der Waals surface area (Å²) >= 11 is 0. The largest absolute Gasteiger partial charge is 0.472 e. The summed E-state index contributed by atoms with van der Waals surface area (Å²) in [4.78, 5) is 65.9. The first-order valence-electron chi connectivity index (χ1n) is 22.8. The Morgan fingerprint density at radius 2 is 1.06 bits per heavy atom. The number of carbonyl (C=O) groups excluding carboxylic acids is 3. The van der Waals surface area contributed by atoms with Crippen LogP contribution in [0.5, 0.6) is 0 Å². The van der Waals surface area contributed by atoms with Crippen molar-refractivity contribution in [3.8, 4) is 0 Å². The van der Waals surface area contributed by atoms with E-state index in [-0.39, 0.29) is 18.6 Å². The van der Waals surface area contributed by atoms with Gasteiger partial charge < -0.3 is 44.6 Å². The number of unbranched alkanes of at least 4 members (excludes halogenated alkanes) is 12. The van der Waals surface area contributed by atoms with Gasteiger partial charge in [0.1, 0.15) is 43.2 Å². The fourth-order valence-corrected chi connectivity index (χ4v) is 7.98. The number of hydrogen-bond acceptors (Lipinski definition) is 14. The molecular weight excluding hydrogens is 874 g/mol. The van der Waals surface area contributed by atoms with Crippen LogP contribution in [0.15, 0.2) is 60.8 Å². The summed E-state index contributed by atoms with van der Waals surface area (Å²) in [6.07, 6.45) is 21.8. The van der Waals surface area contributed by atoms with E-state index in [0.717, 1.165) is 57.8 Å². The molecule has 0 aromatic heterocycles. The van der Waals surface area contributed by atoms with Crippen LogP contribution >= 0.6 is 15.6 Å². The van der Waals surface area contributed by atoms with Crippen molar-refractivity contribution in [1.82, 2.24) is 0 Å². The van der Waals surface area contributed by atoms with Gasteiger partial charge in [-0.1, -0.05) is 120 Å². The Balaban J connectivity index is 2.69. The number of esters is 2. The molecule has 0 spiro atoms. The van der Waals surface area contributed by atoms with Gasteiger partial charge in [-0.05, 0) is 70.3 Å². The zero-order valence-corrected chi connectivity index (χ0v) is 39.5. The van der Waals surface area contributed by atoms with E-state index in [1.165, 1.54) is 25.7 Å². The van der Waals surface area contributed by atoms with E-state index in [2.05, 4.69) is 30.5 Å². The minimum atomic E-state index is -5.38. The minimum absolute atomic E-state index is 0.0618. The summed E-state index contributed by atoms with van der Waals surface area (Å²) < 4.78 is 49.2. The summed E-state index contributed by atoms with van der Waals surface area (Å²) in [6.45, 7) is 2.86. The van der Waals surface area contributed by atoms with Gasteiger partial charge in [-0.25, -0.2) is 9.13 Å². The molecule has 19 heteroatoms. The topological polar surface area (TPSA) is 273 Å². The van der Waals surface area contributed by atoms with Crippen molar-refractivity contribution in [3.63, 3.8) is 0 Å². The zero-order chi connectivity index (χ0) is 47.6. The Labute approximate surface area is 379 Å². The fraction of sp³-hybridized carbons (Fsp3) is 0.711. The number of ether oxygens (including phenoxy) is 2. The van der Waals surface area contributed by atoms with Gasteiger partial charge in [-0.2, -0.15) is 0 Å². The molecule has 0 radical (unpaired) electrons. The first-order valence-corrected chi connectivity index (χ1v) is 25.8. The van der Waals surface area contributed by atoms with Crippen LogP contribution < -0.4 is 0 Å². The number of aliphatic hydroxyl groups is 4. The minimum Gasteiger partial charge on any atom is -0.462 e. The molecule has 5 unspecified atom stereocenters. The van der Waals surface area contributed by atoms with Gasteiger partial charge >= 0.3 is 27.6 Å². The first-order chi connectivity index (χ1) is 30.5. The third-order valence-electron chi connectivity index (χ3n) is 10.0. The van der Waals surface area contributed by atoms with Crippen molar-refractivity contribution < 1.29 is 81.7 Å². The van der Waals surface area contributed by atoms with Crippen LogP contribution in [-0.4, -0.2) is 109 Å². The number of aliphatic hydroxyl groups excluding tert-OH is 4. The van der Waals surface area contributed by atoms with E-state index in [9.17, 15) is 48.8 Å². The smallest absolute Gasteiger partial charge is 0.462 e. The monoisotopic (exact) mass is 950 g/mol. The second-order valence-electron chi connectivity index (χ2n) is 15.8. The molecule has 8 atom stereocenters. The van der Waals surface area contributed by atoms with Gasteiger partial charge in [0.25, 0.3) is 0 Å². The average molecular weight is 951 g/mol. The standard InChI is InChI=1S/C45H76O17P2/c1-3-5-7-8-9-10-11-12-15-18-21-24-28-32-38(47)58-34-37(35-59-64(56,57)62-45-42(51)40(49)41(50)44(43(45)52)61-63(53,54)55)60-39(48)33-29-25-22-19-16-13-14-17-20-23-27-31-36(46)30-26-6-4-2/h10-11,13-14,19-20,22-23,27,31,37,40-45,49-52H,3-9,12,15-18,21,24-26,28-30,32-35H2,1-2H3,(H,56,57)(H2,53,54,55)/b11-10-,14-13-,22-19-,23-20-,31-27+/t37-,40?,41?,42?,43?,44-,45+/m1/s1. The normalized spacial score (nSPS) is 22.3. The van der Waals surface area contributed by atoms with Crippen LogP contribution in [0.4, 0.5) is 0 Å². The summed E-state index contributed by atoms with van der Waals surface area (Å²) in [5, 5.41) is 41.2. The van der Waals surface area contributed by atoms with Gasteiger partial charge in [0.05, 0.1) is 6.61 Å². The Kier molecular flexibility index (Phi) is 33.0. The molecular formula is C45H76O17P2. The maximum Gasteiger partial charge on any atom is 0.472 e. The van der Waals surface area contributed by atoms with Crippen molar-refractivity contribution in [2.45, 2.75) is 191 Å². The number of ketones is 1. The van der Waals surface area contributed by atoms with E-state index in [0.29, 0.717) is 38.5 Å². The molecule has 7 N–H and O–H groups in total. The number of hydrogen-bond donors (Lipinski definition) is 7. The lowest BCUT2D eigenvalue weighted by Gasteiger charge is -2.43. The molecule has 0 aliphatic heterocycles. The zero-order valence-electron chi connectivity index (χ0n) is 37.7. The van der Waals surface area contributed by atoms with Crippen LogP contribution in [-0.2, 0) is 46.6 Å². The molecule has 0 saturated heterocycles. The number of rotatable bonds is 37. The lowest BCUT2D eigenvalue weighted by Crippen LogP contribution is -2.64. The second-order valence-corrected chi connectivity index (χ2v) is 18.4. The van der Waals surface area contributed by atoms with Gasteiger partial charge in [0.15, 0.2) is 11.9 Å². The highest BCUT2D eigenvalue weighted by atomic mass is 31.2. The number of carbonyl (C=O) groups is 3. The summed E-state index contributed by atoms with van der Waals surface area (Å²) in [5.41, 5.74) is 0. The Morgan fingerprint density at radius 1 is 0.547 bits per heavy atom. The SMILES string of the molecule is CCCCCC/C=C\CCCCCCCC(=O)OC[C@H](COP(=O)(O)O[C@H]1C(O)C(O)C(O)[C@@H](OP(=O)(O)O)C1O)OC(=O)CCC/C=C\C/C=C\C/C=C\C=C\C(=O)CCCCC. The van der Waals surface area contributed by atoms with Crippen molar-refractivity contribution in [2.24, 2.45) is 0 Å². The van der Waals surface area contributed by atoms with E-state index in [4.69, 9.17) is 28.3 Å². The van der Waals surface area contributed by atoms with Crippen molar-refractivity contribution in [1.29, 1.82) is 0 Å². The molecule has 0 heterocycles. The molecule has 1 fully saturated rings. The molecule has 1 aliphatic carbocycles.